The van der Waals surface area contributed by atoms with Gasteiger partial charge in [-0.25, -0.2) is 9.89 Å². The van der Waals surface area contributed by atoms with E-state index >= 15 is 0 Å². The minimum Gasteiger partial charge on any atom is -0.292 e. The van der Waals surface area contributed by atoms with E-state index in [2.05, 4.69) is 57.9 Å². The van der Waals surface area contributed by atoms with E-state index in [0.29, 0.717) is 12.4 Å². The molecule has 182 valence electrons. The number of tetrazole rings is 1. The zero-order chi connectivity index (χ0) is 24.9. The smallest absolute Gasteiger partial charge is 0.292 e. The van der Waals surface area contributed by atoms with Crippen LogP contribution in [0.25, 0.3) is 28.2 Å². The predicted octanol–water partition coefficient (Wildman–Crippen LogP) is 5.58. The number of unbranched alkanes of at least 4 members (excludes halogenated alkanes) is 2. The molecule has 3 aromatic carbocycles. The van der Waals surface area contributed by atoms with Gasteiger partial charge in [-0.1, -0.05) is 86.5 Å². The SMILES string of the molecule is CCCCCc1cn(-c2ccccc2C)c(=O)n1Cc1ccc(-c2ccccc2-c2nnn[nH]2)cc1. The van der Waals surface area contributed by atoms with Crippen LogP contribution in [0.4, 0.5) is 0 Å². The molecule has 0 saturated carbocycles. The van der Waals surface area contributed by atoms with Crippen molar-refractivity contribution < 1.29 is 0 Å². The quantitative estimate of drug-likeness (QED) is 0.281. The maximum atomic E-state index is 13.5. The monoisotopic (exact) mass is 478 g/mol. The van der Waals surface area contributed by atoms with Crippen LogP contribution < -0.4 is 5.69 Å². The summed E-state index contributed by atoms with van der Waals surface area (Å²) in [6, 6.07) is 24.5. The fourth-order valence-electron chi connectivity index (χ4n) is 4.64. The van der Waals surface area contributed by atoms with Crippen molar-refractivity contribution in [1.29, 1.82) is 0 Å². The Morgan fingerprint density at radius 2 is 1.64 bits per heavy atom. The van der Waals surface area contributed by atoms with Crippen molar-refractivity contribution in [3.8, 4) is 28.2 Å². The standard InChI is InChI=1S/C29H30N6O/c1-3-4-5-11-24-20-35(27-14-9-6-10-21(27)2)29(36)34(24)19-22-15-17-23(18-16-22)25-12-7-8-13-26(25)28-30-32-33-31-28/h6-10,12-18,20H,3-5,11,19H2,1-2H3,(H,30,31,32,33). The zero-order valence-corrected chi connectivity index (χ0v) is 20.7. The summed E-state index contributed by atoms with van der Waals surface area (Å²) in [4.78, 5) is 13.5. The number of imidazole rings is 1. The largest absolute Gasteiger partial charge is 0.333 e. The van der Waals surface area contributed by atoms with Gasteiger partial charge in [0.25, 0.3) is 0 Å². The Hall–Kier alpha value is -4.26. The summed E-state index contributed by atoms with van der Waals surface area (Å²) in [6.45, 7) is 4.78. The van der Waals surface area contributed by atoms with Gasteiger partial charge in [-0.3, -0.25) is 9.13 Å². The first-order valence-corrected chi connectivity index (χ1v) is 12.4. The highest BCUT2D eigenvalue weighted by Gasteiger charge is 2.15. The normalized spacial score (nSPS) is 11.2. The van der Waals surface area contributed by atoms with E-state index in [-0.39, 0.29) is 5.69 Å². The van der Waals surface area contributed by atoms with E-state index in [1.54, 1.807) is 4.57 Å². The van der Waals surface area contributed by atoms with Crippen molar-refractivity contribution in [1.82, 2.24) is 29.8 Å². The van der Waals surface area contributed by atoms with Gasteiger partial charge >= 0.3 is 5.69 Å². The molecule has 1 N–H and O–H groups in total. The number of nitrogens with one attached hydrogen (secondary N) is 1. The molecule has 36 heavy (non-hydrogen) atoms. The van der Waals surface area contributed by atoms with Crippen molar-refractivity contribution >= 4 is 0 Å². The molecule has 0 bridgehead atoms. The van der Waals surface area contributed by atoms with Gasteiger partial charge in [-0.05, 0) is 58.5 Å². The van der Waals surface area contributed by atoms with Gasteiger partial charge in [0.1, 0.15) is 0 Å². The summed E-state index contributed by atoms with van der Waals surface area (Å²) in [5, 5.41) is 14.3. The van der Waals surface area contributed by atoms with Crippen LogP contribution in [0.15, 0.2) is 83.8 Å². The zero-order valence-electron chi connectivity index (χ0n) is 20.7. The van der Waals surface area contributed by atoms with Crippen LogP contribution in [0.3, 0.4) is 0 Å². The minimum absolute atomic E-state index is 0.00281. The fraction of sp³-hybridized carbons (Fsp3) is 0.241. The third-order valence-electron chi connectivity index (χ3n) is 6.61. The lowest BCUT2D eigenvalue weighted by atomic mass is 9.98. The molecule has 2 heterocycles. The Labute approximate surface area is 210 Å². The molecule has 7 heteroatoms. The second-order valence-corrected chi connectivity index (χ2v) is 9.10. The third kappa shape index (κ3) is 4.77. The molecule has 0 amide bonds. The van der Waals surface area contributed by atoms with Gasteiger partial charge in [-0.2, -0.15) is 0 Å². The number of hydrogen-bond donors (Lipinski definition) is 1. The van der Waals surface area contributed by atoms with E-state index in [4.69, 9.17) is 0 Å². The number of para-hydroxylation sites is 1. The van der Waals surface area contributed by atoms with Crippen molar-refractivity contribution in [3.63, 3.8) is 0 Å². The van der Waals surface area contributed by atoms with Gasteiger partial charge < -0.3 is 0 Å². The van der Waals surface area contributed by atoms with Crippen molar-refractivity contribution in [2.24, 2.45) is 0 Å². The highest BCUT2D eigenvalue weighted by Crippen LogP contribution is 2.30. The molecule has 0 aliphatic carbocycles. The molecule has 0 atom stereocenters. The van der Waals surface area contributed by atoms with Gasteiger partial charge in [0.05, 0.1) is 12.2 Å². The number of rotatable bonds is 9. The highest BCUT2D eigenvalue weighted by atomic mass is 16.1. The first-order valence-electron chi connectivity index (χ1n) is 12.4. The first-order chi connectivity index (χ1) is 17.7. The molecular weight excluding hydrogens is 448 g/mol. The second-order valence-electron chi connectivity index (χ2n) is 9.10. The van der Waals surface area contributed by atoms with Crippen molar-refractivity contribution in [3.05, 3.63) is 106 Å². The molecule has 0 unspecified atom stereocenters. The Bertz CT molecular complexity index is 1500. The van der Waals surface area contributed by atoms with Crippen LogP contribution in [-0.2, 0) is 13.0 Å². The van der Waals surface area contributed by atoms with Gasteiger partial charge in [0.2, 0.25) is 0 Å². The summed E-state index contributed by atoms with van der Waals surface area (Å²) in [5.41, 5.74) is 7.24. The fourth-order valence-corrected chi connectivity index (χ4v) is 4.64. The summed E-state index contributed by atoms with van der Waals surface area (Å²) in [6.07, 6.45) is 6.28. The molecular formula is C29H30N6O. The molecule has 5 aromatic rings. The van der Waals surface area contributed by atoms with Crippen LogP contribution in [0.1, 0.15) is 43.0 Å². The Balaban J connectivity index is 1.46. The summed E-state index contributed by atoms with van der Waals surface area (Å²) in [7, 11) is 0. The molecule has 0 aliphatic rings. The maximum Gasteiger partial charge on any atom is 0.333 e. The average molecular weight is 479 g/mol. The lowest BCUT2D eigenvalue weighted by Gasteiger charge is -2.10. The number of benzene rings is 3. The summed E-state index contributed by atoms with van der Waals surface area (Å²) < 4.78 is 3.72. The topological polar surface area (TPSA) is 81.4 Å². The number of H-pyrrole nitrogens is 1. The number of aryl methyl sites for hydroxylation is 2. The number of nitrogens with zero attached hydrogens (tertiary/aromatic N) is 5. The lowest BCUT2D eigenvalue weighted by molar-refractivity contribution is 0.653. The predicted molar refractivity (Wildman–Crippen MR) is 142 cm³/mol. The second kappa shape index (κ2) is 10.6. The van der Waals surface area contributed by atoms with Crippen LogP contribution in [-0.4, -0.2) is 29.8 Å². The molecule has 0 fully saturated rings. The molecule has 0 aliphatic heterocycles. The van der Waals surface area contributed by atoms with E-state index in [1.807, 2.05) is 60.2 Å². The highest BCUT2D eigenvalue weighted by molar-refractivity contribution is 5.80. The van der Waals surface area contributed by atoms with Gasteiger partial charge in [0.15, 0.2) is 5.82 Å². The van der Waals surface area contributed by atoms with E-state index in [9.17, 15) is 4.79 Å². The third-order valence-corrected chi connectivity index (χ3v) is 6.61. The van der Waals surface area contributed by atoms with Crippen LogP contribution in [0, 0.1) is 6.92 Å². The van der Waals surface area contributed by atoms with Crippen LogP contribution in [0.2, 0.25) is 0 Å². The Morgan fingerprint density at radius 3 is 2.36 bits per heavy atom. The van der Waals surface area contributed by atoms with Crippen molar-refractivity contribution in [2.45, 2.75) is 46.1 Å². The molecule has 0 spiro atoms. The van der Waals surface area contributed by atoms with Crippen LogP contribution >= 0.6 is 0 Å². The minimum atomic E-state index is 0.00281. The number of aromatic nitrogens is 6. The Morgan fingerprint density at radius 1 is 0.889 bits per heavy atom. The first kappa shape index (κ1) is 23.5. The Kier molecular flexibility index (Phi) is 6.89. The molecule has 5 rings (SSSR count). The number of hydrogen-bond acceptors (Lipinski definition) is 4. The lowest BCUT2D eigenvalue weighted by Crippen LogP contribution is -2.25. The summed E-state index contributed by atoms with van der Waals surface area (Å²) in [5.74, 6) is 0.635. The van der Waals surface area contributed by atoms with Crippen LogP contribution in [0.5, 0.6) is 0 Å². The number of aromatic amines is 1. The molecule has 0 saturated heterocycles. The van der Waals surface area contributed by atoms with E-state index < -0.39 is 0 Å². The van der Waals surface area contributed by atoms with E-state index in [0.717, 1.165) is 64.9 Å². The molecule has 2 aromatic heterocycles. The molecule has 0 radical (unpaired) electrons. The van der Waals surface area contributed by atoms with Gasteiger partial charge in [0, 0.05) is 17.5 Å². The molecule has 7 nitrogen and oxygen atoms in total. The van der Waals surface area contributed by atoms with Crippen molar-refractivity contribution in [2.75, 3.05) is 0 Å². The van der Waals surface area contributed by atoms with E-state index in [1.165, 1.54) is 0 Å². The van der Waals surface area contributed by atoms with Gasteiger partial charge in [-0.15, -0.1) is 5.10 Å². The maximum absolute atomic E-state index is 13.5. The average Bonchev–Trinajstić information content (AvgIpc) is 3.55. The summed E-state index contributed by atoms with van der Waals surface area (Å²) >= 11 is 0.